The number of nitrogens with one attached hydrogen (secondary N) is 2. The second-order valence-electron chi connectivity index (χ2n) is 9.99. The van der Waals surface area contributed by atoms with Crippen molar-refractivity contribution in [2.24, 2.45) is 0 Å². The quantitative estimate of drug-likeness (QED) is 0.364. The molecule has 3 rings (SSSR count). The summed E-state index contributed by atoms with van der Waals surface area (Å²) < 4.78 is 10.7. The van der Waals surface area contributed by atoms with E-state index < -0.39 is 48.0 Å². The number of carboxylic acids is 1. The molecule has 0 radical (unpaired) electrons. The standard InChI is InChI=1S/C28H34N2O7S/c1-28(2,3)37-24(31)15-23(26(33)34)29-25(32)22(13-14-38-4)30-27(35)36-16-21-19-11-7-5-9-17(19)18-10-6-8-12-20(18)21/h5-12,21-23H,13-16H2,1-4H3,(H,29,32)(H,30,35)(H,33,34)/t22-,23-/m0/s1. The highest BCUT2D eigenvalue weighted by Gasteiger charge is 2.32. The summed E-state index contributed by atoms with van der Waals surface area (Å²) in [5.74, 6) is -2.46. The minimum Gasteiger partial charge on any atom is -0.480 e. The van der Waals surface area contributed by atoms with Crippen molar-refractivity contribution in [2.45, 2.75) is 57.2 Å². The van der Waals surface area contributed by atoms with Crippen LogP contribution in [0, 0.1) is 0 Å². The van der Waals surface area contributed by atoms with E-state index in [0.717, 1.165) is 22.3 Å². The van der Waals surface area contributed by atoms with Crippen LogP contribution in [0.3, 0.4) is 0 Å². The van der Waals surface area contributed by atoms with Gasteiger partial charge in [-0.2, -0.15) is 11.8 Å². The Balaban J connectivity index is 1.64. The van der Waals surface area contributed by atoms with Gasteiger partial charge in [-0.05, 0) is 61.5 Å². The van der Waals surface area contributed by atoms with Crippen molar-refractivity contribution in [2.75, 3.05) is 18.6 Å². The summed E-state index contributed by atoms with van der Waals surface area (Å²) in [6.07, 6.45) is 0.770. The first-order chi connectivity index (χ1) is 18.0. The molecule has 2 aromatic carbocycles. The van der Waals surface area contributed by atoms with Crippen LogP contribution in [0.4, 0.5) is 4.79 Å². The molecular formula is C28H34N2O7S. The van der Waals surface area contributed by atoms with E-state index in [4.69, 9.17) is 9.47 Å². The SMILES string of the molecule is CSCC[C@H](NC(=O)OCC1c2ccccc2-c2ccccc21)C(=O)N[C@@H](CC(=O)OC(C)(C)C)C(=O)O. The maximum Gasteiger partial charge on any atom is 0.407 e. The number of hydrogen-bond donors (Lipinski definition) is 3. The van der Waals surface area contributed by atoms with Gasteiger partial charge in [-0.1, -0.05) is 48.5 Å². The number of rotatable bonds is 11. The second-order valence-corrected chi connectivity index (χ2v) is 11.0. The predicted octanol–water partition coefficient (Wildman–Crippen LogP) is 3.95. The topological polar surface area (TPSA) is 131 Å². The van der Waals surface area contributed by atoms with Crippen LogP contribution >= 0.6 is 11.8 Å². The summed E-state index contributed by atoms with van der Waals surface area (Å²) in [5, 5.41) is 14.5. The Labute approximate surface area is 226 Å². The van der Waals surface area contributed by atoms with Gasteiger partial charge in [0.25, 0.3) is 0 Å². The third kappa shape index (κ3) is 7.74. The van der Waals surface area contributed by atoms with Crippen LogP contribution in [0.25, 0.3) is 11.1 Å². The summed E-state index contributed by atoms with van der Waals surface area (Å²) in [5.41, 5.74) is 3.52. The van der Waals surface area contributed by atoms with Crippen molar-refractivity contribution in [1.29, 1.82) is 0 Å². The van der Waals surface area contributed by atoms with Gasteiger partial charge in [0.1, 0.15) is 24.3 Å². The largest absolute Gasteiger partial charge is 0.480 e. The second kappa shape index (κ2) is 12.8. The molecule has 0 fully saturated rings. The fourth-order valence-electron chi connectivity index (χ4n) is 4.31. The average molecular weight is 543 g/mol. The Kier molecular flexibility index (Phi) is 9.79. The molecule has 0 spiro atoms. The van der Waals surface area contributed by atoms with Gasteiger partial charge in [0.2, 0.25) is 5.91 Å². The minimum absolute atomic E-state index is 0.0765. The molecule has 2 aromatic rings. The summed E-state index contributed by atoms with van der Waals surface area (Å²) >= 11 is 1.47. The molecular weight excluding hydrogens is 508 g/mol. The van der Waals surface area contributed by atoms with Gasteiger partial charge >= 0.3 is 18.0 Å². The van der Waals surface area contributed by atoms with E-state index in [1.165, 1.54) is 11.8 Å². The number of fused-ring (bicyclic) bond motifs is 3. The number of carbonyl (C=O) groups excluding carboxylic acids is 3. The number of amides is 2. The Bertz CT molecular complexity index is 1130. The molecule has 2 atom stereocenters. The van der Waals surface area contributed by atoms with Crippen molar-refractivity contribution in [3.63, 3.8) is 0 Å². The van der Waals surface area contributed by atoms with Crippen molar-refractivity contribution >= 4 is 35.7 Å². The number of hydrogen-bond acceptors (Lipinski definition) is 7. The van der Waals surface area contributed by atoms with Crippen LogP contribution in [0.15, 0.2) is 48.5 Å². The molecule has 1 aliphatic rings. The monoisotopic (exact) mass is 542 g/mol. The molecule has 0 saturated heterocycles. The van der Waals surface area contributed by atoms with Crippen LogP contribution in [0.2, 0.25) is 0 Å². The van der Waals surface area contributed by atoms with E-state index in [1.54, 1.807) is 20.8 Å². The molecule has 1 aliphatic carbocycles. The van der Waals surface area contributed by atoms with E-state index in [-0.39, 0.29) is 18.9 Å². The fourth-order valence-corrected chi connectivity index (χ4v) is 4.78. The molecule has 0 aliphatic heterocycles. The summed E-state index contributed by atoms with van der Waals surface area (Å²) in [7, 11) is 0. The number of ether oxygens (including phenoxy) is 2. The maximum absolute atomic E-state index is 12.9. The fraction of sp³-hybridized carbons (Fsp3) is 0.429. The molecule has 0 saturated carbocycles. The zero-order valence-corrected chi connectivity index (χ0v) is 22.8. The van der Waals surface area contributed by atoms with Gasteiger partial charge in [0, 0.05) is 5.92 Å². The third-order valence-electron chi connectivity index (χ3n) is 5.97. The van der Waals surface area contributed by atoms with Crippen LogP contribution in [0.5, 0.6) is 0 Å². The molecule has 10 heteroatoms. The summed E-state index contributed by atoms with van der Waals surface area (Å²) in [4.78, 5) is 49.5. The lowest BCUT2D eigenvalue weighted by Gasteiger charge is -2.23. The first-order valence-corrected chi connectivity index (χ1v) is 13.7. The predicted molar refractivity (Wildman–Crippen MR) is 145 cm³/mol. The first-order valence-electron chi connectivity index (χ1n) is 12.4. The van der Waals surface area contributed by atoms with Gasteiger partial charge < -0.3 is 25.2 Å². The van der Waals surface area contributed by atoms with E-state index in [1.807, 2.05) is 54.8 Å². The lowest BCUT2D eigenvalue weighted by atomic mass is 9.98. The van der Waals surface area contributed by atoms with Crippen molar-refractivity contribution in [1.82, 2.24) is 10.6 Å². The minimum atomic E-state index is -1.50. The lowest BCUT2D eigenvalue weighted by Crippen LogP contribution is -2.52. The van der Waals surface area contributed by atoms with E-state index in [9.17, 15) is 24.3 Å². The molecule has 0 heterocycles. The maximum atomic E-state index is 12.9. The van der Waals surface area contributed by atoms with Crippen LogP contribution in [-0.2, 0) is 23.9 Å². The first kappa shape index (κ1) is 29.0. The number of alkyl carbamates (subject to hydrolysis) is 1. The van der Waals surface area contributed by atoms with Gasteiger partial charge in [-0.15, -0.1) is 0 Å². The Morgan fingerprint density at radius 3 is 2.05 bits per heavy atom. The zero-order valence-electron chi connectivity index (χ0n) is 22.0. The summed E-state index contributed by atoms with van der Waals surface area (Å²) in [6, 6.07) is 13.4. The normalized spacial score (nSPS) is 14.0. The Morgan fingerprint density at radius 1 is 0.947 bits per heavy atom. The van der Waals surface area contributed by atoms with Gasteiger partial charge in [0.15, 0.2) is 0 Å². The van der Waals surface area contributed by atoms with Crippen molar-refractivity contribution in [3.8, 4) is 11.1 Å². The highest BCUT2D eigenvalue weighted by Crippen LogP contribution is 2.44. The molecule has 2 amide bonds. The summed E-state index contributed by atoms with van der Waals surface area (Å²) in [6.45, 7) is 5.06. The Morgan fingerprint density at radius 2 is 1.53 bits per heavy atom. The average Bonchev–Trinajstić information content (AvgIpc) is 3.17. The molecule has 3 N–H and O–H groups in total. The van der Waals surface area contributed by atoms with E-state index in [2.05, 4.69) is 10.6 Å². The highest BCUT2D eigenvalue weighted by atomic mass is 32.2. The zero-order chi connectivity index (χ0) is 27.9. The molecule has 9 nitrogen and oxygen atoms in total. The number of aliphatic carboxylic acids is 1. The number of carbonyl (C=O) groups is 4. The molecule has 0 aromatic heterocycles. The van der Waals surface area contributed by atoms with Crippen LogP contribution in [-0.4, -0.2) is 65.3 Å². The Hall–Kier alpha value is -3.53. The van der Waals surface area contributed by atoms with Crippen molar-refractivity contribution in [3.05, 3.63) is 59.7 Å². The molecule has 0 unspecified atom stereocenters. The van der Waals surface area contributed by atoms with Gasteiger partial charge in [-0.25, -0.2) is 9.59 Å². The van der Waals surface area contributed by atoms with E-state index >= 15 is 0 Å². The number of carboxylic acid groups (broad SMARTS) is 1. The highest BCUT2D eigenvalue weighted by molar-refractivity contribution is 7.98. The smallest absolute Gasteiger partial charge is 0.407 e. The van der Waals surface area contributed by atoms with Crippen molar-refractivity contribution < 1.29 is 33.8 Å². The molecule has 38 heavy (non-hydrogen) atoms. The molecule has 204 valence electrons. The van der Waals surface area contributed by atoms with Gasteiger partial charge in [0.05, 0.1) is 6.42 Å². The number of thioether (sulfide) groups is 1. The number of esters is 1. The van der Waals surface area contributed by atoms with Crippen LogP contribution < -0.4 is 10.6 Å². The third-order valence-corrected chi connectivity index (χ3v) is 6.61. The lowest BCUT2D eigenvalue weighted by molar-refractivity contribution is -0.158. The number of benzene rings is 2. The van der Waals surface area contributed by atoms with Gasteiger partial charge in [-0.3, -0.25) is 9.59 Å². The van der Waals surface area contributed by atoms with Crippen LogP contribution in [0.1, 0.15) is 50.7 Å². The van der Waals surface area contributed by atoms with E-state index in [0.29, 0.717) is 5.75 Å². The molecule has 0 bridgehead atoms.